The van der Waals surface area contributed by atoms with E-state index in [-0.39, 0.29) is 5.91 Å². The van der Waals surface area contributed by atoms with Crippen LogP contribution in [0.4, 0.5) is 0 Å². The molecule has 0 N–H and O–H groups in total. The third-order valence-corrected chi connectivity index (χ3v) is 2.26. The van der Waals surface area contributed by atoms with Gasteiger partial charge in [-0.15, -0.1) is 0 Å². The lowest BCUT2D eigenvalue weighted by molar-refractivity contribution is 0.0530. The highest BCUT2D eigenvalue weighted by Gasteiger charge is 2.27. The number of carbonyl (C=O) groups excluding carboxylic acids is 1. The number of pyridine rings is 1. The van der Waals surface area contributed by atoms with Crippen LogP contribution in [-0.2, 0) is 0 Å². The molecule has 1 amide bonds. The summed E-state index contributed by atoms with van der Waals surface area (Å²) in [5.41, 5.74) is 0.689. The second kappa shape index (κ2) is 3.17. The Kier molecular flexibility index (Phi) is 2.00. The van der Waals surface area contributed by atoms with Gasteiger partial charge in [-0.2, -0.15) is 0 Å². The first-order valence-corrected chi connectivity index (χ1v) is 4.46. The van der Waals surface area contributed by atoms with E-state index >= 15 is 0 Å². The molecule has 2 rings (SSSR count). The molecule has 13 heavy (non-hydrogen) atoms. The van der Waals surface area contributed by atoms with Gasteiger partial charge in [0, 0.05) is 25.5 Å². The largest absolute Gasteiger partial charge is 0.338 e. The summed E-state index contributed by atoms with van der Waals surface area (Å²) in [6.45, 7) is 3.91. The summed E-state index contributed by atoms with van der Waals surface area (Å²) in [5.74, 6) is 0.756. The fourth-order valence-electron chi connectivity index (χ4n) is 1.54. The molecule has 1 saturated heterocycles. The van der Waals surface area contributed by atoms with Crippen molar-refractivity contribution in [1.82, 2.24) is 9.88 Å². The maximum atomic E-state index is 11.7. The molecule has 2 heterocycles. The minimum absolute atomic E-state index is 0.103. The molecule has 3 heteroatoms. The van der Waals surface area contributed by atoms with Crippen molar-refractivity contribution >= 4 is 5.91 Å². The molecule has 1 aromatic rings. The maximum absolute atomic E-state index is 11.7. The Bertz CT molecular complexity index is 304. The van der Waals surface area contributed by atoms with E-state index in [2.05, 4.69) is 11.9 Å². The van der Waals surface area contributed by atoms with Crippen molar-refractivity contribution in [3.8, 4) is 0 Å². The van der Waals surface area contributed by atoms with Gasteiger partial charge in [0.1, 0.15) is 0 Å². The predicted molar refractivity (Wildman–Crippen MR) is 49.3 cm³/mol. The van der Waals surface area contributed by atoms with E-state index in [0.717, 1.165) is 13.1 Å². The molecule has 0 saturated carbocycles. The SMILES string of the molecule is CC1CN(C(=O)c2cccnc2)C1. The standard InChI is InChI=1S/C10H12N2O/c1-8-6-12(7-8)10(13)9-3-2-4-11-5-9/h2-5,8H,6-7H2,1H3. The van der Waals surface area contributed by atoms with E-state index in [0.29, 0.717) is 11.5 Å². The van der Waals surface area contributed by atoms with Crippen LogP contribution >= 0.6 is 0 Å². The Hall–Kier alpha value is -1.38. The number of hydrogen-bond donors (Lipinski definition) is 0. The predicted octanol–water partition coefficient (Wildman–Crippen LogP) is 1.17. The summed E-state index contributed by atoms with van der Waals surface area (Å²) in [4.78, 5) is 17.4. The van der Waals surface area contributed by atoms with Crippen molar-refractivity contribution in [3.05, 3.63) is 30.1 Å². The number of nitrogens with zero attached hydrogens (tertiary/aromatic N) is 2. The molecule has 0 spiro atoms. The third-order valence-electron chi connectivity index (χ3n) is 2.26. The van der Waals surface area contributed by atoms with Crippen LogP contribution in [0, 0.1) is 5.92 Å². The molecule has 3 nitrogen and oxygen atoms in total. The van der Waals surface area contributed by atoms with Gasteiger partial charge in [-0.1, -0.05) is 6.92 Å². The van der Waals surface area contributed by atoms with Gasteiger partial charge in [-0.25, -0.2) is 0 Å². The zero-order valence-electron chi connectivity index (χ0n) is 7.60. The topological polar surface area (TPSA) is 33.2 Å². The van der Waals surface area contributed by atoms with Gasteiger partial charge in [0.15, 0.2) is 0 Å². The lowest BCUT2D eigenvalue weighted by Crippen LogP contribution is -2.48. The van der Waals surface area contributed by atoms with Crippen LogP contribution in [0.2, 0.25) is 0 Å². The Morgan fingerprint density at radius 3 is 2.92 bits per heavy atom. The van der Waals surface area contributed by atoms with E-state index in [1.54, 1.807) is 24.5 Å². The van der Waals surface area contributed by atoms with Crippen LogP contribution < -0.4 is 0 Å². The normalized spacial score (nSPS) is 16.8. The molecule has 1 aliphatic heterocycles. The molecule has 0 aromatic carbocycles. The highest BCUT2D eigenvalue weighted by Crippen LogP contribution is 2.16. The van der Waals surface area contributed by atoms with Crippen molar-refractivity contribution in [2.24, 2.45) is 5.92 Å². The van der Waals surface area contributed by atoms with Gasteiger partial charge in [0.25, 0.3) is 5.91 Å². The third kappa shape index (κ3) is 1.54. The average molecular weight is 176 g/mol. The highest BCUT2D eigenvalue weighted by molar-refractivity contribution is 5.94. The van der Waals surface area contributed by atoms with Gasteiger partial charge in [0.05, 0.1) is 5.56 Å². The number of carbonyl (C=O) groups is 1. The Balaban J connectivity index is 2.06. The van der Waals surface area contributed by atoms with Crippen LogP contribution in [-0.4, -0.2) is 28.9 Å². The van der Waals surface area contributed by atoms with E-state index < -0.39 is 0 Å². The number of aromatic nitrogens is 1. The first kappa shape index (κ1) is 8.23. The van der Waals surface area contributed by atoms with E-state index in [1.165, 1.54) is 0 Å². The first-order valence-electron chi connectivity index (χ1n) is 4.46. The summed E-state index contributed by atoms with van der Waals surface area (Å²) >= 11 is 0. The number of amides is 1. The molecule has 0 atom stereocenters. The molecular weight excluding hydrogens is 164 g/mol. The molecular formula is C10H12N2O. The second-order valence-corrected chi connectivity index (χ2v) is 3.56. The van der Waals surface area contributed by atoms with Crippen molar-refractivity contribution in [3.63, 3.8) is 0 Å². The summed E-state index contributed by atoms with van der Waals surface area (Å²) in [6, 6.07) is 3.59. The molecule has 0 unspecified atom stereocenters. The fourth-order valence-corrected chi connectivity index (χ4v) is 1.54. The molecule has 1 fully saturated rings. The lowest BCUT2D eigenvalue weighted by atomic mass is 10.0. The maximum Gasteiger partial charge on any atom is 0.255 e. The molecule has 1 aliphatic rings. The lowest BCUT2D eigenvalue weighted by Gasteiger charge is -2.37. The van der Waals surface area contributed by atoms with Crippen molar-refractivity contribution < 1.29 is 4.79 Å². The first-order chi connectivity index (χ1) is 6.27. The van der Waals surface area contributed by atoms with Crippen molar-refractivity contribution in [2.45, 2.75) is 6.92 Å². The number of likely N-dealkylation sites (tertiary alicyclic amines) is 1. The van der Waals surface area contributed by atoms with Crippen LogP contribution in [0.15, 0.2) is 24.5 Å². The van der Waals surface area contributed by atoms with Crippen molar-refractivity contribution in [2.75, 3.05) is 13.1 Å². The highest BCUT2D eigenvalue weighted by atomic mass is 16.2. The number of rotatable bonds is 1. The second-order valence-electron chi connectivity index (χ2n) is 3.56. The van der Waals surface area contributed by atoms with Crippen LogP contribution in [0.25, 0.3) is 0 Å². The molecule has 68 valence electrons. The summed E-state index contributed by atoms with van der Waals surface area (Å²) in [6.07, 6.45) is 3.29. The van der Waals surface area contributed by atoms with Crippen LogP contribution in [0.5, 0.6) is 0 Å². The van der Waals surface area contributed by atoms with Crippen LogP contribution in [0.1, 0.15) is 17.3 Å². The smallest absolute Gasteiger partial charge is 0.255 e. The zero-order valence-corrected chi connectivity index (χ0v) is 7.60. The summed E-state index contributed by atoms with van der Waals surface area (Å²) < 4.78 is 0. The zero-order chi connectivity index (χ0) is 9.26. The van der Waals surface area contributed by atoms with Crippen molar-refractivity contribution in [1.29, 1.82) is 0 Å². The minimum Gasteiger partial charge on any atom is -0.338 e. The Labute approximate surface area is 77.4 Å². The number of hydrogen-bond acceptors (Lipinski definition) is 2. The van der Waals surface area contributed by atoms with Gasteiger partial charge in [-0.05, 0) is 18.1 Å². The van der Waals surface area contributed by atoms with E-state index in [1.807, 2.05) is 4.90 Å². The fraction of sp³-hybridized carbons (Fsp3) is 0.400. The van der Waals surface area contributed by atoms with Gasteiger partial charge in [0.2, 0.25) is 0 Å². The molecule has 0 bridgehead atoms. The monoisotopic (exact) mass is 176 g/mol. The summed E-state index contributed by atoms with van der Waals surface area (Å²) in [5, 5.41) is 0. The van der Waals surface area contributed by atoms with Gasteiger partial charge < -0.3 is 4.90 Å². The Morgan fingerprint density at radius 2 is 2.38 bits per heavy atom. The molecule has 0 radical (unpaired) electrons. The van der Waals surface area contributed by atoms with Crippen LogP contribution in [0.3, 0.4) is 0 Å². The molecule has 1 aromatic heterocycles. The van der Waals surface area contributed by atoms with E-state index in [9.17, 15) is 4.79 Å². The van der Waals surface area contributed by atoms with Gasteiger partial charge in [-0.3, -0.25) is 9.78 Å². The Morgan fingerprint density at radius 1 is 1.62 bits per heavy atom. The van der Waals surface area contributed by atoms with E-state index in [4.69, 9.17) is 0 Å². The van der Waals surface area contributed by atoms with Gasteiger partial charge >= 0.3 is 0 Å². The average Bonchev–Trinajstić information content (AvgIpc) is 2.13. The quantitative estimate of drug-likeness (QED) is 0.643. The summed E-state index contributed by atoms with van der Waals surface area (Å²) in [7, 11) is 0. The molecule has 0 aliphatic carbocycles. The minimum atomic E-state index is 0.103.